The molecule has 3 rings (SSSR count). The van der Waals surface area contributed by atoms with E-state index in [-0.39, 0.29) is 29.0 Å². The zero-order chi connectivity index (χ0) is 21.4. The summed E-state index contributed by atoms with van der Waals surface area (Å²) in [5, 5.41) is 2.84. The number of furan rings is 1. The lowest BCUT2D eigenvalue weighted by Crippen LogP contribution is -2.35. The molecule has 1 aromatic heterocycles. The van der Waals surface area contributed by atoms with Crippen molar-refractivity contribution < 1.29 is 22.4 Å². The molecule has 1 unspecified atom stereocenters. The number of amides is 2. The molecular weight excluding hydrogens is 394 g/mol. The number of hydrogen-bond acceptors (Lipinski definition) is 6. The number of sulfonamides is 1. The van der Waals surface area contributed by atoms with E-state index in [4.69, 9.17) is 4.42 Å². The predicted octanol–water partition coefficient (Wildman–Crippen LogP) is 2.01. The van der Waals surface area contributed by atoms with Gasteiger partial charge in [-0.1, -0.05) is 6.07 Å². The average Bonchev–Trinajstić information content (AvgIpc) is 3.19. The Bertz CT molecular complexity index is 1010. The van der Waals surface area contributed by atoms with E-state index in [0.717, 1.165) is 10.1 Å². The van der Waals surface area contributed by atoms with E-state index >= 15 is 0 Å². The number of rotatable bonds is 6. The Morgan fingerprint density at radius 2 is 2.00 bits per heavy atom. The van der Waals surface area contributed by atoms with Crippen molar-refractivity contribution in [3.63, 3.8) is 0 Å². The number of benzene rings is 1. The van der Waals surface area contributed by atoms with Crippen LogP contribution in [0.5, 0.6) is 0 Å². The first-order valence-electron chi connectivity index (χ1n) is 9.18. The fraction of sp³-hybridized carbons (Fsp3) is 0.400. The Morgan fingerprint density at radius 1 is 1.28 bits per heavy atom. The molecule has 8 nitrogen and oxygen atoms in total. The van der Waals surface area contributed by atoms with Crippen molar-refractivity contribution in [2.24, 2.45) is 5.41 Å². The molecule has 29 heavy (non-hydrogen) atoms. The molecule has 2 amide bonds. The van der Waals surface area contributed by atoms with E-state index in [9.17, 15) is 18.0 Å². The zero-order valence-corrected chi connectivity index (χ0v) is 17.7. The van der Waals surface area contributed by atoms with Gasteiger partial charge >= 0.3 is 0 Å². The molecule has 0 radical (unpaired) electrons. The summed E-state index contributed by atoms with van der Waals surface area (Å²) in [5.41, 5.74) is -0.561. The van der Waals surface area contributed by atoms with Crippen LogP contribution in [-0.2, 0) is 14.8 Å². The highest BCUT2D eigenvalue weighted by atomic mass is 32.2. The Kier molecular flexibility index (Phi) is 5.55. The number of likely N-dealkylation sites (N-methyl/N-ethyl adjacent to an activating group) is 1. The lowest BCUT2D eigenvalue weighted by Gasteiger charge is -2.23. The van der Waals surface area contributed by atoms with Crippen molar-refractivity contribution in [2.45, 2.75) is 19.9 Å². The van der Waals surface area contributed by atoms with Gasteiger partial charge in [0.15, 0.2) is 0 Å². The third-order valence-electron chi connectivity index (χ3n) is 4.88. The van der Waals surface area contributed by atoms with E-state index in [1.807, 2.05) is 25.1 Å². The van der Waals surface area contributed by atoms with E-state index in [0.29, 0.717) is 6.54 Å². The normalized spacial score (nSPS) is 18.8. The van der Waals surface area contributed by atoms with Gasteiger partial charge in [-0.2, -0.15) is 0 Å². The lowest BCUT2D eigenvalue weighted by atomic mass is 9.95. The molecule has 1 N–H and O–H groups in total. The molecule has 2 aromatic rings. The van der Waals surface area contributed by atoms with Gasteiger partial charge in [0.25, 0.3) is 5.91 Å². The molecule has 2 heterocycles. The van der Waals surface area contributed by atoms with Gasteiger partial charge in [0.1, 0.15) is 5.76 Å². The van der Waals surface area contributed by atoms with Crippen molar-refractivity contribution in [1.29, 1.82) is 0 Å². The quantitative estimate of drug-likeness (QED) is 0.769. The van der Waals surface area contributed by atoms with Crippen molar-refractivity contribution in [2.75, 3.05) is 30.7 Å². The highest BCUT2D eigenvalue weighted by Gasteiger charge is 2.49. The third kappa shape index (κ3) is 4.20. The molecule has 1 saturated heterocycles. The number of anilines is 1. The Morgan fingerprint density at radius 3 is 2.55 bits per heavy atom. The molecule has 0 bridgehead atoms. The fourth-order valence-electron chi connectivity index (χ4n) is 3.34. The molecule has 1 aliphatic rings. The fourth-order valence-corrected chi connectivity index (χ4v) is 5.44. The summed E-state index contributed by atoms with van der Waals surface area (Å²) in [5.74, 6) is -0.405. The number of hydrogen-bond donors (Lipinski definition) is 1. The first-order valence-corrected chi connectivity index (χ1v) is 10.8. The van der Waals surface area contributed by atoms with Gasteiger partial charge in [-0.3, -0.25) is 14.5 Å². The van der Waals surface area contributed by atoms with Crippen LogP contribution in [-0.4, -0.2) is 51.5 Å². The second-order valence-electron chi connectivity index (χ2n) is 7.96. The van der Waals surface area contributed by atoms with Crippen LogP contribution in [0.3, 0.4) is 0 Å². The van der Waals surface area contributed by atoms with Crippen molar-refractivity contribution in [3.05, 3.63) is 54.0 Å². The maximum Gasteiger partial charge on any atom is 0.251 e. The largest absolute Gasteiger partial charge is 0.468 e. The van der Waals surface area contributed by atoms with Crippen LogP contribution in [0.25, 0.3) is 0 Å². The van der Waals surface area contributed by atoms with E-state index in [1.54, 1.807) is 38.3 Å². The standard InChI is InChI=1S/C20H25N3O5S/c1-20(2)13-29(26,27)23(19(20)25)15-8-5-7-14(11-15)18(24)21-12-16(22(3)4)17-9-6-10-28-17/h5-11,16H,12-13H2,1-4H3,(H,21,24). The van der Waals surface area contributed by atoms with E-state index < -0.39 is 21.3 Å². The minimum atomic E-state index is -3.77. The van der Waals surface area contributed by atoms with E-state index in [1.165, 1.54) is 12.1 Å². The van der Waals surface area contributed by atoms with Gasteiger partial charge in [-0.25, -0.2) is 12.7 Å². The Labute approximate surface area is 170 Å². The summed E-state index contributed by atoms with van der Waals surface area (Å²) >= 11 is 0. The maximum atomic E-state index is 12.7. The molecule has 1 aliphatic heterocycles. The first-order chi connectivity index (χ1) is 13.5. The third-order valence-corrected chi connectivity index (χ3v) is 6.90. The van der Waals surface area contributed by atoms with Gasteiger partial charge in [0.05, 0.1) is 29.2 Å². The van der Waals surface area contributed by atoms with Gasteiger partial charge < -0.3 is 9.73 Å². The van der Waals surface area contributed by atoms with Crippen LogP contribution in [0.1, 0.15) is 36.0 Å². The summed E-state index contributed by atoms with van der Waals surface area (Å²) in [4.78, 5) is 27.2. The Balaban J connectivity index is 1.79. The smallest absolute Gasteiger partial charge is 0.251 e. The van der Waals surface area contributed by atoms with Gasteiger partial charge in [-0.05, 0) is 58.3 Å². The summed E-state index contributed by atoms with van der Waals surface area (Å²) in [6.45, 7) is 3.50. The number of nitrogens with one attached hydrogen (secondary N) is 1. The first kappa shape index (κ1) is 21.1. The molecule has 0 saturated carbocycles. The molecule has 0 aliphatic carbocycles. The molecule has 156 valence electrons. The van der Waals surface area contributed by atoms with E-state index in [2.05, 4.69) is 5.32 Å². The van der Waals surface area contributed by atoms with Crippen molar-refractivity contribution in [1.82, 2.24) is 10.2 Å². The number of carbonyl (C=O) groups is 2. The zero-order valence-electron chi connectivity index (χ0n) is 16.9. The summed E-state index contributed by atoms with van der Waals surface area (Å²) in [6.07, 6.45) is 1.58. The maximum absolute atomic E-state index is 12.7. The summed E-state index contributed by atoms with van der Waals surface area (Å²) < 4.78 is 31.2. The number of carbonyl (C=O) groups excluding carboxylic acids is 2. The molecule has 1 fully saturated rings. The Hall–Kier alpha value is -2.65. The molecule has 1 aromatic carbocycles. The van der Waals surface area contributed by atoms with Gasteiger partial charge in [0.2, 0.25) is 15.9 Å². The second-order valence-corrected chi connectivity index (χ2v) is 9.78. The molecular formula is C20H25N3O5S. The van der Waals surface area contributed by atoms with Crippen LogP contribution in [0.2, 0.25) is 0 Å². The van der Waals surface area contributed by atoms with Crippen LogP contribution in [0, 0.1) is 5.41 Å². The lowest BCUT2D eigenvalue weighted by molar-refractivity contribution is -0.123. The van der Waals surface area contributed by atoms with Crippen molar-refractivity contribution in [3.8, 4) is 0 Å². The monoisotopic (exact) mass is 419 g/mol. The molecule has 1 atom stereocenters. The van der Waals surface area contributed by atoms with Gasteiger partial charge in [0, 0.05) is 12.1 Å². The minimum Gasteiger partial charge on any atom is -0.468 e. The molecule has 0 spiro atoms. The topological polar surface area (TPSA) is 99.9 Å². The second kappa shape index (κ2) is 7.64. The summed E-state index contributed by atoms with van der Waals surface area (Å²) in [6, 6.07) is 9.54. The van der Waals surface area contributed by atoms with Crippen LogP contribution >= 0.6 is 0 Å². The molecule has 9 heteroatoms. The highest BCUT2D eigenvalue weighted by Crippen LogP contribution is 2.35. The average molecular weight is 420 g/mol. The van der Waals surface area contributed by atoms with Crippen molar-refractivity contribution >= 4 is 27.5 Å². The highest BCUT2D eigenvalue weighted by molar-refractivity contribution is 7.94. The van der Waals surface area contributed by atoms with Gasteiger partial charge in [-0.15, -0.1) is 0 Å². The van der Waals surface area contributed by atoms with Crippen LogP contribution in [0.15, 0.2) is 47.1 Å². The van der Waals surface area contributed by atoms with Crippen LogP contribution < -0.4 is 9.62 Å². The SMILES string of the molecule is CN(C)C(CNC(=O)c1cccc(N2C(=O)C(C)(C)CS2(=O)=O)c1)c1ccco1. The van der Waals surface area contributed by atoms with Crippen LogP contribution in [0.4, 0.5) is 5.69 Å². The predicted molar refractivity (Wildman–Crippen MR) is 109 cm³/mol. The minimum absolute atomic E-state index is 0.154. The number of nitrogens with zero attached hydrogens (tertiary/aromatic N) is 2. The summed E-state index contributed by atoms with van der Waals surface area (Å²) in [7, 11) is -0.0120.